The molecule has 0 saturated heterocycles. The SMILES string of the molecule is COc1cccc(N(C)C(=O)c2cc(OC)ccc2O)c1. The Morgan fingerprint density at radius 2 is 1.71 bits per heavy atom. The predicted molar refractivity (Wildman–Crippen MR) is 80.4 cm³/mol. The van der Waals surface area contributed by atoms with Crippen LogP contribution in [0.4, 0.5) is 5.69 Å². The third kappa shape index (κ3) is 3.08. The Labute approximate surface area is 123 Å². The number of nitrogens with zero attached hydrogens (tertiary/aromatic N) is 1. The number of hydrogen-bond acceptors (Lipinski definition) is 4. The van der Waals surface area contributed by atoms with Crippen LogP contribution in [0.25, 0.3) is 0 Å². The maximum Gasteiger partial charge on any atom is 0.261 e. The van der Waals surface area contributed by atoms with Crippen molar-refractivity contribution < 1.29 is 19.4 Å². The van der Waals surface area contributed by atoms with Gasteiger partial charge in [0, 0.05) is 18.8 Å². The number of hydrogen-bond donors (Lipinski definition) is 1. The van der Waals surface area contributed by atoms with Crippen LogP contribution < -0.4 is 14.4 Å². The van der Waals surface area contributed by atoms with Gasteiger partial charge < -0.3 is 19.5 Å². The van der Waals surface area contributed by atoms with Crippen molar-refractivity contribution in [2.45, 2.75) is 0 Å². The highest BCUT2D eigenvalue weighted by molar-refractivity contribution is 6.07. The van der Waals surface area contributed by atoms with Crippen LogP contribution in [0.2, 0.25) is 0 Å². The Bertz CT molecular complexity index is 654. The number of phenols is 1. The van der Waals surface area contributed by atoms with Crippen molar-refractivity contribution >= 4 is 11.6 Å². The summed E-state index contributed by atoms with van der Waals surface area (Å²) in [5, 5.41) is 9.87. The molecule has 0 aliphatic carbocycles. The zero-order valence-corrected chi connectivity index (χ0v) is 12.2. The van der Waals surface area contributed by atoms with Crippen LogP contribution in [0.15, 0.2) is 42.5 Å². The minimum Gasteiger partial charge on any atom is -0.507 e. The summed E-state index contributed by atoms with van der Waals surface area (Å²) in [6.45, 7) is 0. The van der Waals surface area contributed by atoms with Gasteiger partial charge in [0.2, 0.25) is 0 Å². The van der Waals surface area contributed by atoms with Crippen molar-refractivity contribution in [3.8, 4) is 17.2 Å². The number of benzene rings is 2. The minimum absolute atomic E-state index is 0.0875. The van der Waals surface area contributed by atoms with Crippen molar-refractivity contribution in [2.24, 2.45) is 0 Å². The molecule has 2 aromatic carbocycles. The van der Waals surface area contributed by atoms with Crippen molar-refractivity contribution in [3.05, 3.63) is 48.0 Å². The van der Waals surface area contributed by atoms with Crippen LogP contribution in [-0.4, -0.2) is 32.3 Å². The van der Waals surface area contributed by atoms with Gasteiger partial charge in [0.15, 0.2) is 0 Å². The van der Waals surface area contributed by atoms with Crippen LogP contribution in [-0.2, 0) is 0 Å². The lowest BCUT2D eigenvalue weighted by Gasteiger charge is -2.19. The van der Waals surface area contributed by atoms with Crippen LogP contribution in [0.1, 0.15) is 10.4 Å². The number of phenolic OH excluding ortho intramolecular Hbond substituents is 1. The van der Waals surface area contributed by atoms with Crippen LogP contribution in [0, 0.1) is 0 Å². The van der Waals surface area contributed by atoms with Crippen LogP contribution in [0.3, 0.4) is 0 Å². The number of methoxy groups -OCH3 is 2. The number of carbonyl (C=O) groups excluding carboxylic acids is 1. The number of aromatic hydroxyl groups is 1. The minimum atomic E-state index is -0.334. The van der Waals surface area contributed by atoms with Gasteiger partial charge in [-0.25, -0.2) is 0 Å². The first-order valence-electron chi connectivity index (χ1n) is 6.36. The van der Waals surface area contributed by atoms with Gasteiger partial charge in [0.1, 0.15) is 17.2 Å². The first-order chi connectivity index (χ1) is 10.1. The summed E-state index contributed by atoms with van der Waals surface area (Å²) >= 11 is 0. The van der Waals surface area contributed by atoms with Crippen molar-refractivity contribution in [1.29, 1.82) is 0 Å². The molecule has 0 aliphatic heterocycles. The quantitative estimate of drug-likeness (QED) is 0.939. The Morgan fingerprint density at radius 3 is 2.38 bits per heavy atom. The van der Waals surface area contributed by atoms with Gasteiger partial charge in [-0.15, -0.1) is 0 Å². The zero-order valence-electron chi connectivity index (χ0n) is 12.2. The second-order valence-electron chi connectivity index (χ2n) is 4.45. The van der Waals surface area contributed by atoms with E-state index in [1.54, 1.807) is 44.5 Å². The van der Waals surface area contributed by atoms with E-state index >= 15 is 0 Å². The second-order valence-corrected chi connectivity index (χ2v) is 4.45. The molecule has 2 rings (SSSR count). The number of rotatable bonds is 4. The van der Waals surface area contributed by atoms with Crippen molar-refractivity contribution in [3.63, 3.8) is 0 Å². The van der Waals surface area contributed by atoms with Gasteiger partial charge in [-0.1, -0.05) is 6.07 Å². The molecule has 2 aromatic rings. The molecule has 0 atom stereocenters. The van der Waals surface area contributed by atoms with Gasteiger partial charge in [-0.2, -0.15) is 0 Å². The molecule has 0 spiro atoms. The lowest BCUT2D eigenvalue weighted by molar-refractivity contribution is 0.0990. The third-order valence-electron chi connectivity index (χ3n) is 3.18. The van der Waals surface area contributed by atoms with E-state index in [1.807, 2.05) is 0 Å². The molecule has 110 valence electrons. The molecule has 0 fully saturated rings. The number of carbonyl (C=O) groups is 1. The predicted octanol–water partition coefficient (Wildman–Crippen LogP) is 2.69. The molecule has 0 saturated carbocycles. The van der Waals surface area contributed by atoms with E-state index in [4.69, 9.17) is 9.47 Å². The van der Waals surface area contributed by atoms with Gasteiger partial charge in [0.25, 0.3) is 5.91 Å². The molecule has 0 radical (unpaired) electrons. The van der Waals surface area contributed by atoms with E-state index in [1.165, 1.54) is 24.1 Å². The first-order valence-corrected chi connectivity index (χ1v) is 6.36. The lowest BCUT2D eigenvalue weighted by atomic mass is 10.1. The fourth-order valence-electron chi connectivity index (χ4n) is 1.93. The van der Waals surface area contributed by atoms with E-state index in [-0.39, 0.29) is 17.2 Å². The number of ether oxygens (including phenoxy) is 2. The maximum atomic E-state index is 12.5. The third-order valence-corrected chi connectivity index (χ3v) is 3.18. The molecular formula is C16H17NO4. The average Bonchev–Trinajstić information content (AvgIpc) is 2.54. The van der Waals surface area contributed by atoms with E-state index < -0.39 is 0 Å². The largest absolute Gasteiger partial charge is 0.507 e. The molecule has 0 heterocycles. The molecule has 0 bridgehead atoms. The smallest absolute Gasteiger partial charge is 0.261 e. The Hall–Kier alpha value is -2.69. The zero-order chi connectivity index (χ0) is 15.4. The van der Waals surface area contributed by atoms with E-state index in [2.05, 4.69) is 0 Å². The van der Waals surface area contributed by atoms with Gasteiger partial charge in [-0.3, -0.25) is 4.79 Å². The fraction of sp³-hybridized carbons (Fsp3) is 0.188. The fourth-order valence-corrected chi connectivity index (χ4v) is 1.93. The number of amides is 1. The topological polar surface area (TPSA) is 59.0 Å². The standard InChI is InChI=1S/C16H17NO4/c1-17(11-5-4-6-12(9-11)20-2)16(19)14-10-13(21-3)7-8-15(14)18/h4-10,18H,1-3H3. The summed E-state index contributed by atoms with van der Waals surface area (Å²) in [4.78, 5) is 13.9. The lowest BCUT2D eigenvalue weighted by Crippen LogP contribution is -2.26. The number of anilines is 1. The molecule has 0 aromatic heterocycles. The van der Waals surface area contributed by atoms with Crippen LogP contribution in [0.5, 0.6) is 17.2 Å². The molecule has 1 N–H and O–H groups in total. The van der Waals surface area contributed by atoms with E-state index in [9.17, 15) is 9.90 Å². The van der Waals surface area contributed by atoms with E-state index in [0.717, 1.165) is 0 Å². The summed E-state index contributed by atoms with van der Waals surface area (Å²) in [5.41, 5.74) is 0.848. The normalized spacial score (nSPS) is 10.0. The maximum absolute atomic E-state index is 12.5. The van der Waals surface area contributed by atoms with Gasteiger partial charge in [-0.05, 0) is 30.3 Å². The average molecular weight is 287 g/mol. The van der Waals surface area contributed by atoms with Crippen molar-refractivity contribution in [1.82, 2.24) is 0 Å². The molecule has 5 heteroatoms. The molecule has 21 heavy (non-hydrogen) atoms. The summed E-state index contributed by atoms with van der Waals surface area (Å²) < 4.78 is 10.2. The molecule has 0 unspecified atom stereocenters. The highest BCUT2D eigenvalue weighted by atomic mass is 16.5. The molecule has 5 nitrogen and oxygen atoms in total. The highest BCUT2D eigenvalue weighted by Crippen LogP contribution is 2.27. The highest BCUT2D eigenvalue weighted by Gasteiger charge is 2.18. The van der Waals surface area contributed by atoms with Crippen molar-refractivity contribution in [2.75, 3.05) is 26.2 Å². The van der Waals surface area contributed by atoms with Gasteiger partial charge >= 0.3 is 0 Å². The first kappa shape index (κ1) is 14.7. The summed E-state index contributed by atoms with van der Waals surface area (Å²) in [6.07, 6.45) is 0. The molecule has 0 aliphatic rings. The Morgan fingerprint density at radius 1 is 1.05 bits per heavy atom. The van der Waals surface area contributed by atoms with Gasteiger partial charge in [0.05, 0.1) is 19.8 Å². The summed E-state index contributed by atoms with van der Waals surface area (Å²) in [7, 11) is 4.71. The summed E-state index contributed by atoms with van der Waals surface area (Å²) in [6, 6.07) is 11.7. The Kier molecular flexibility index (Phi) is 4.33. The Balaban J connectivity index is 2.34. The molecular weight excluding hydrogens is 270 g/mol. The second kappa shape index (κ2) is 6.17. The van der Waals surface area contributed by atoms with E-state index in [0.29, 0.717) is 17.2 Å². The molecule has 1 amide bonds. The summed E-state index contributed by atoms with van der Waals surface area (Å²) in [5.74, 6) is 0.743. The van der Waals surface area contributed by atoms with Crippen LogP contribution >= 0.6 is 0 Å². The monoisotopic (exact) mass is 287 g/mol.